The summed E-state index contributed by atoms with van der Waals surface area (Å²) in [5.74, 6) is -0.0627. The van der Waals surface area contributed by atoms with Crippen LogP contribution in [-0.2, 0) is 4.79 Å². The van der Waals surface area contributed by atoms with Crippen LogP contribution in [0.5, 0.6) is 0 Å². The van der Waals surface area contributed by atoms with Crippen molar-refractivity contribution in [3.05, 3.63) is 29.8 Å². The van der Waals surface area contributed by atoms with E-state index in [1.165, 1.54) is 0 Å². The van der Waals surface area contributed by atoms with Crippen molar-refractivity contribution in [2.45, 2.75) is 78.6 Å². The Hall–Kier alpha value is -1.14. The van der Waals surface area contributed by atoms with E-state index in [2.05, 4.69) is 16.0 Å². The van der Waals surface area contributed by atoms with Crippen molar-refractivity contribution >= 4 is 42.2 Å². The second-order valence-corrected chi connectivity index (χ2v) is 8.66. The average Bonchev–Trinajstić information content (AvgIpc) is 2.43. The van der Waals surface area contributed by atoms with Gasteiger partial charge < -0.3 is 16.0 Å². The van der Waals surface area contributed by atoms with Crippen LogP contribution < -0.4 is 16.0 Å². The first-order valence-electron chi connectivity index (χ1n) is 8.79. The summed E-state index contributed by atoms with van der Waals surface area (Å²) in [6.07, 6.45) is 0. The first kappa shape index (κ1) is 28.1. The molecule has 0 aliphatic carbocycles. The highest BCUT2D eigenvalue weighted by atomic mass is 35.5. The van der Waals surface area contributed by atoms with Crippen molar-refractivity contribution in [3.8, 4) is 0 Å². The Morgan fingerprint density at radius 3 is 1.59 bits per heavy atom. The van der Waals surface area contributed by atoms with E-state index in [9.17, 15) is 9.59 Å². The molecule has 0 aromatic heterocycles. The van der Waals surface area contributed by atoms with Crippen molar-refractivity contribution < 1.29 is 9.59 Å². The van der Waals surface area contributed by atoms with Gasteiger partial charge in [0.2, 0.25) is 5.91 Å². The lowest BCUT2D eigenvalue weighted by atomic mass is 10.0. The van der Waals surface area contributed by atoms with E-state index >= 15 is 0 Å². The summed E-state index contributed by atoms with van der Waals surface area (Å²) >= 11 is 0. The summed E-state index contributed by atoms with van der Waals surface area (Å²) in [6.45, 7) is 15.8. The molecule has 0 aliphatic rings. The van der Waals surface area contributed by atoms with Crippen LogP contribution in [0.15, 0.2) is 24.3 Å². The lowest BCUT2D eigenvalue weighted by Crippen LogP contribution is -2.48. The Morgan fingerprint density at radius 1 is 0.778 bits per heavy atom. The number of carbonyl (C=O) groups is 2. The summed E-state index contributed by atoms with van der Waals surface area (Å²) in [4.78, 5) is 24.7. The van der Waals surface area contributed by atoms with Gasteiger partial charge in [-0.2, -0.15) is 0 Å². The molecule has 0 saturated carbocycles. The molecule has 0 bridgehead atoms. The first-order valence-corrected chi connectivity index (χ1v) is 8.79. The lowest BCUT2D eigenvalue weighted by molar-refractivity contribution is -0.118. The SMILES string of the molecule is CC(NC(C)(C)C)C(=O)Nc1ccc(C(=O)C(C)NC(C)(C)C)cc1.Cl.Cl. The molecule has 1 rings (SSSR count). The van der Waals surface area contributed by atoms with Crippen molar-refractivity contribution in [1.29, 1.82) is 0 Å². The fourth-order valence-corrected chi connectivity index (χ4v) is 2.65. The highest BCUT2D eigenvalue weighted by Crippen LogP contribution is 2.13. The van der Waals surface area contributed by atoms with Crippen LogP contribution in [0.3, 0.4) is 0 Å². The third-order valence-electron chi connectivity index (χ3n) is 3.52. The quantitative estimate of drug-likeness (QED) is 0.603. The summed E-state index contributed by atoms with van der Waals surface area (Å²) in [6, 6.07) is 6.45. The minimum absolute atomic E-state index is 0. The average molecular weight is 420 g/mol. The van der Waals surface area contributed by atoms with Gasteiger partial charge in [-0.1, -0.05) is 0 Å². The zero-order valence-electron chi connectivity index (χ0n) is 17.6. The maximum Gasteiger partial charge on any atom is 0.241 e. The molecule has 7 heteroatoms. The van der Waals surface area contributed by atoms with Gasteiger partial charge in [-0.05, 0) is 79.7 Å². The van der Waals surface area contributed by atoms with Crippen LogP contribution in [0.1, 0.15) is 65.7 Å². The van der Waals surface area contributed by atoms with Crippen molar-refractivity contribution in [2.24, 2.45) is 0 Å². The number of halogens is 2. The van der Waals surface area contributed by atoms with Gasteiger partial charge in [0.25, 0.3) is 0 Å². The van der Waals surface area contributed by atoms with Gasteiger partial charge in [0, 0.05) is 22.3 Å². The highest BCUT2D eigenvalue weighted by molar-refractivity contribution is 6.01. The number of hydrogen-bond acceptors (Lipinski definition) is 4. The van der Waals surface area contributed by atoms with E-state index in [-0.39, 0.29) is 59.7 Å². The van der Waals surface area contributed by atoms with Crippen LogP contribution in [-0.4, -0.2) is 34.9 Å². The molecular weight excluding hydrogens is 385 g/mol. The number of rotatable bonds is 6. The Labute approximate surface area is 176 Å². The molecule has 0 aliphatic heterocycles. The van der Waals surface area contributed by atoms with Gasteiger partial charge in [-0.3, -0.25) is 9.59 Å². The van der Waals surface area contributed by atoms with Crippen molar-refractivity contribution in [2.75, 3.05) is 5.32 Å². The second-order valence-electron chi connectivity index (χ2n) is 8.66. The van der Waals surface area contributed by atoms with Crippen molar-refractivity contribution in [1.82, 2.24) is 10.6 Å². The summed E-state index contributed by atoms with van der Waals surface area (Å²) in [7, 11) is 0. The standard InChI is InChI=1S/C20H33N3O2.2ClH/c1-13(22-19(3,4)5)17(24)15-9-11-16(12-10-15)21-18(25)14(2)23-20(6,7)8;;/h9-14,22-23H,1-8H3,(H,21,25);2*1H. The summed E-state index contributed by atoms with van der Waals surface area (Å²) in [5.41, 5.74) is 1.05. The van der Waals surface area contributed by atoms with Crippen LogP contribution >= 0.6 is 24.8 Å². The highest BCUT2D eigenvalue weighted by Gasteiger charge is 2.21. The number of Topliss-reactive ketones (excluding diaryl/α,β-unsaturated/α-hetero) is 1. The number of hydrogen-bond donors (Lipinski definition) is 3. The molecule has 27 heavy (non-hydrogen) atoms. The molecule has 2 atom stereocenters. The predicted octanol–water partition coefficient (Wildman–Crippen LogP) is 4.20. The molecule has 0 fully saturated rings. The molecule has 156 valence electrons. The zero-order valence-corrected chi connectivity index (χ0v) is 19.2. The molecule has 0 heterocycles. The van der Waals surface area contributed by atoms with Gasteiger partial charge >= 0.3 is 0 Å². The Bertz CT molecular complexity index is 605. The maximum atomic E-state index is 12.5. The molecule has 1 aromatic rings. The lowest BCUT2D eigenvalue weighted by Gasteiger charge is -2.25. The number of nitrogens with one attached hydrogen (secondary N) is 3. The van der Waals surface area contributed by atoms with Gasteiger partial charge in [0.15, 0.2) is 5.78 Å². The predicted molar refractivity (Wildman–Crippen MR) is 119 cm³/mol. The molecule has 0 spiro atoms. The number of benzene rings is 1. The summed E-state index contributed by atoms with van der Waals surface area (Å²) in [5, 5.41) is 9.37. The monoisotopic (exact) mass is 419 g/mol. The Balaban J connectivity index is 0. The Morgan fingerprint density at radius 2 is 1.19 bits per heavy atom. The Kier molecular flexibility index (Phi) is 11.4. The minimum Gasteiger partial charge on any atom is -0.325 e. The van der Waals surface area contributed by atoms with E-state index in [4.69, 9.17) is 0 Å². The van der Waals surface area contributed by atoms with Gasteiger partial charge in [0.1, 0.15) is 0 Å². The van der Waals surface area contributed by atoms with E-state index in [1.807, 2.05) is 55.4 Å². The third-order valence-corrected chi connectivity index (χ3v) is 3.52. The molecule has 5 nitrogen and oxygen atoms in total. The fraction of sp³-hybridized carbons (Fsp3) is 0.600. The first-order chi connectivity index (χ1) is 11.3. The molecule has 0 saturated heterocycles. The van der Waals surface area contributed by atoms with Gasteiger partial charge in [-0.25, -0.2) is 0 Å². The smallest absolute Gasteiger partial charge is 0.241 e. The molecule has 3 N–H and O–H groups in total. The number of carbonyl (C=O) groups excluding carboxylic acids is 2. The van der Waals surface area contributed by atoms with Gasteiger partial charge in [0.05, 0.1) is 12.1 Å². The normalized spacial score (nSPS) is 13.6. The van der Waals surface area contributed by atoms with E-state index in [0.29, 0.717) is 11.3 Å². The van der Waals surface area contributed by atoms with Crippen LogP contribution in [0.25, 0.3) is 0 Å². The second kappa shape index (κ2) is 11.0. The third kappa shape index (κ3) is 10.7. The van der Waals surface area contributed by atoms with Crippen molar-refractivity contribution in [3.63, 3.8) is 0 Å². The topological polar surface area (TPSA) is 70.2 Å². The number of ketones is 1. The van der Waals surface area contributed by atoms with E-state index in [0.717, 1.165) is 0 Å². The summed E-state index contributed by atoms with van der Waals surface area (Å²) < 4.78 is 0. The maximum absolute atomic E-state index is 12.5. The van der Waals surface area contributed by atoms with E-state index in [1.54, 1.807) is 24.3 Å². The molecular formula is C20H35Cl2N3O2. The largest absolute Gasteiger partial charge is 0.325 e. The fourth-order valence-electron chi connectivity index (χ4n) is 2.65. The minimum atomic E-state index is -0.308. The molecule has 0 radical (unpaired) electrons. The number of anilines is 1. The molecule has 1 amide bonds. The number of amides is 1. The molecule has 2 unspecified atom stereocenters. The van der Waals surface area contributed by atoms with Gasteiger partial charge in [-0.15, -0.1) is 24.8 Å². The zero-order chi connectivity index (χ0) is 19.4. The van der Waals surface area contributed by atoms with E-state index < -0.39 is 0 Å². The molecule has 1 aromatic carbocycles. The van der Waals surface area contributed by atoms with Crippen LogP contribution in [0, 0.1) is 0 Å². The van der Waals surface area contributed by atoms with Crippen LogP contribution in [0.4, 0.5) is 5.69 Å². The van der Waals surface area contributed by atoms with Crippen LogP contribution in [0.2, 0.25) is 0 Å².